The van der Waals surface area contributed by atoms with E-state index in [1.165, 1.54) is 4.52 Å². The minimum Gasteiger partial charge on any atom is -0.332 e. The number of rotatable bonds is 4. The SMILES string of the molecule is CCCN(C(=O)c1nc2ncc(Br)cn2n1)C1CCNC1.Cl. The van der Waals surface area contributed by atoms with Gasteiger partial charge in [-0.25, -0.2) is 9.50 Å². The van der Waals surface area contributed by atoms with Crippen molar-refractivity contribution >= 4 is 40.0 Å². The zero-order valence-corrected chi connectivity index (χ0v) is 14.6. The van der Waals surface area contributed by atoms with E-state index in [0.29, 0.717) is 5.78 Å². The molecule has 2 aromatic heterocycles. The summed E-state index contributed by atoms with van der Waals surface area (Å²) >= 11 is 3.33. The first-order valence-electron chi connectivity index (χ1n) is 7.08. The molecule has 1 atom stereocenters. The molecule has 0 saturated carbocycles. The van der Waals surface area contributed by atoms with E-state index in [4.69, 9.17) is 0 Å². The van der Waals surface area contributed by atoms with Crippen molar-refractivity contribution in [3.63, 3.8) is 0 Å². The molecule has 0 spiro atoms. The van der Waals surface area contributed by atoms with Gasteiger partial charge in [0.05, 0.1) is 4.47 Å². The second-order valence-corrected chi connectivity index (χ2v) is 6.01. The Morgan fingerprint density at radius 2 is 2.41 bits per heavy atom. The van der Waals surface area contributed by atoms with E-state index in [-0.39, 0.29) is 30.2 Å². The average molecular weight is 390 g/mol. The molecule has 1 aliphatic rings. The molecule has 3 heterocycles. The van der Waals surface area contributed by atoms with Gasteiger partial charge >= 0.3 is 0 Å². The summed E-state index contributed by atoms with van der Waals surface area (Å²) in [6.07, 6.45) is 5.28. The number of amides is 1. The van der Waals surface area contributed by atoms with Gasteiger partial charge in [0.1, 0.15) is 0 Å². The molecule has 1 saturated heterocycles. The third kappa shape index (κ3) is 3.39. The molecule has 1 aliphatic heterocycles. The maximum atomic E-state index is 12.7. The van der Waals surface area contributed by atoms with E-state index in [1.807, 2.05) is 4.90 Å². The van der Waals surface area contributed by atoms with E-state index in [2.05, 4.69) is 43.2 Å². The number of hydrogen-bond donors (Lipinski definition) is 1. The molecule has 1 fully saturated rings. The molecule has 0 aliphatic carbocycles. The Balaban J connectivity index is 0.00000176. The Bertz CT molecular complexity index is 657. The monoisotopic (exact) mass is 388 g/mol. The van der Waals surface area contributed by atoms with Crippen LogP contribution < -0.4 is 5.32 Å². The maximum absolute atomic E-state index is 12.7. The normalized spacial score (nSPS) is 17.5. The van der Waals surface area contributed by atoms with Crippen LogP contribution >= 0.6 is 28.3 Å². The third-order valence-electron chi connectivity index (χ3n) is 3.55. The molecule has 1 unspecified atom stereocenters. The molecular weight excluding hydrogens is 372 g/mol. The predicted octanol–water partition coefficient (Wildman–Crippen LogP) is 1.52. The molecular formula is C13H18BrClN6O. The first-order chi connectivity index (χ1) is 10.2. The van der Waals surface area contributed by atoms with Gasteiger partial charge in [0.2, 0.25) is 5.82 Å². The molecule has 120 valence electrons. The summed E-state index contributed by atoms with van der Waals surface area (Å²) in [5.41, 5.74) is 0. The van der Waals surface area contributed by atoms with E-state index in [0.717, 1.165) is 36.9 Å². The molecule has 7 nitrogen and oxygen atoms in total. The summed E-state index contributed by atoms with van der Waals surface area (Å²) in [6, 6.07) is 0.226. The van der Waals surface area contributed by atoms with Crippen LogP contribution in [0.3, 0.4) is 0 Å². The summed E-state index contributed by atoms with van der Waals surface area (Å²) in [5.74, 6) is 0.524. The van der Waals surface area contributed by atoms with Crippen LogP contribution in [-0.2, 0) is 0 Å². The van der Waals surface area contributed by atoms with Gasteiger partial charge in [-0.2, -0.15) is 4.98 Å². The summed E-state index contributed by atoms with van der Waals surface area (Å²) < 4.78 is 2.32. The first kappa shape index (κ1) is 17.1. The molecule has 0 bridgehead atoms. The second-order valence-electron chi connectivity index (χ2n) is 5.10. The maximum Gasteiger partial charge on any atom is 0.293 e. The Morgan fingerprint density at radius 1 is 1.59 bits per heavy atom. The molecule has 9 heteroatoms. The van der Waals surface area contributed by atoms with Gasteiger partial charge in [0, 0.05) is 31.5 Å². The number of fused-ring (bicyclic) bond motifs is 1. The Kier molecular flexibility index (Phi) is 5.71. The molecule has 1 amide bonds. The number of carbonyl (C=O) groups is 1. The summed E-state index contributed by atoms with van der Waals surface area (Å²) in [7, 11) is 0. The van der Waals surface area contributed by atoms with Crippen LogP contribution in [-0.4, -0.2) is 56.1 Å². The third-order valence-corrected chi connectivity index (χ3v) is 3.96. The van der Waals surface area contributed by atoms with Crippen molar-refractivity contribution in [3.8, 4) is 0 Å². The number of nitrogens with zero attached hydrogens (tertiary/aromatic N) is 5. The zero-order valence-electron chi connectivity index (χ0n) is 12.2. The smallest absolute Gasteiger partial charge is 0.293 e. The van der Waals surface area contributed by atoms with Gasteiger partial charge in [0.15, 0.2) is 0 Å². The van der Waals surface area contributed by atoms with E-state index in [1.54, 1.807) is 12.4 Å². The zero-order chi connectivity index (χ0) is 14.8. The fraction of sp³-hybridized carbons (Fsp3) is 0.538. The highest BCUT2D eigenvalue weighted by Crippen LogP contribution is 2.14. The van der Waals surface area contributed by atoms with E-state index in [9.17, 15) is 4.79 Å². The van der Waals surface area contributed by atoms with Crippen molar-refractivity contribution in [2.45, 2.75) is 25.8 Å². The molecule has 0 aromatic carbocycles. The molecule has 1 N–H and O–H groups in total. The lowest BCUT2D eigenvalue weighted by molar-refractivity contribution is 0.0680. The predicted molar refractivity (Wildman–Crippen MR) is 88.3 cm³/mol. The number of carbonyl (C=O) groups excluding carboxylic acids is 1. The van der Waals surface area contributed by atoms with Gasteiger partial charge in [-0.3, -0.25) is 4.79 Å². The Labute approximate surface area is 143 Å². The van der Waals surface area contributed by atoms with Crippen LogP contribution in [0.15, 0.2) is 16.9 Å². The minimum atomic E-state index is -0.118. The Hall–Kier alpha value is -1.25. The summed E-state index contributed by atoms with van der Waals surface area (Å²) in [5, 5.41) is 7.54. The lowest BCUT2D eigenvalue weighted by Gasteiger charge is -2.26. The van der Waals surface area contributed by atoms with Crippen LogP contribution in [0.2, 0.25) is 0 Å². The van der Waals surface area contributed by atoms with Gasteiger partial charge in [-0.05, 0) is 35.3 Å². The largest absolute Gasteiger partial charge is 0.332 e. The molecule has 3 rings (SSSR count). The number of hydrogen-bond acceptors (Lipinski definition) is 5. The van der Waals surface area contributed by atoms with Crippen molar-refractivity contribution in [1.29, 1.82) is 0 Å². The van der Waals surface area contributed by atoms with Crippen LogP contribution in [0.4, 0.5) is 0 Å². The van der Waals surface area contributed by atoms with Crippen molar-refractivity contribution in [1.82, 2.24) is 29.8 Å². The number of halogens is 2. The van der Waals surface area contributed by atoms with E-state index >= 15 is 0 Å². The lowest BCUT2D eigenvalue weighted by atomic mass is 10.2. The number of nitrogens with one attached hydrogen (secondary N) is 1. The fourth-order valence-electron chi connectivity index (χ4n) is 2.57. The second kappa shape index (κ2) is 7.34. The van der Waals surface area contributed by atoms with Gasteiger partial charge in [0.25, 0.3) is 11.7 Å². The highest BCUT2D eigenvalue weighted by molar-refractivity contribution is 9.10. The van der Waals surface area contributed by atoms with E-state index < -0.39 is 0 Å². The molecule has 2 aromatic rings. The average Bonchev–Trinajstić information content (AvgIpc) is 3.12. The minimum absolute atomic E-state index is 0. The standard InChI is InChI=1S/C13H17BrN6O.ClH/c1-2-5-19(10-3-4-15-7-10)12(21)11-17-13-16-6-9(14)8-20(13)18-11;/h6,8,10,15H,2-5,7H2,1H3;1H. The highest BCUT2D eigenvalue weighted by atomic mass is 79.9. The molecule has 22 heavy (non-hydrogen) atoms. The topological polar surface area (TPSA) is 75.4 Å². The van der Waals surface area contributed by atoms with Crippen molar-refractivity contribution < 1.29 is 4.79 Å². The van der Waals surface area contributed by atoms with Gasteiger partial charge in [-0.1, -0.05) is 6.92 Å². The van der Waals surface area contributed by atoms with Crippen LogP contribution in [0, 0.1) is 0 Å². The first-order valence-corrected chi connectivity index (χ1v) is 7.88. The molecule has 0 radical (unpaired) electrons. The fourth-order valence-corrected chi connectivity index (χ4v) is 2.87. The van der Waals surface area contributed by atoms with Crippen molar-refractivity contribution in [2.75, 3.05) is 19.6 Å². The quantitative estimate of drug-likeness (QED) is 0.858. The summed E-state index contributed by atoms with van der Waals surface area (Å²) in [4.78, 5) is 23.0. The van der Waals surface area contributed by atoms with Gasteiger partial charge in [-0.15, -0.1) is 17.5 Å². The number of aromatic nitrogens is 4. The van der Waals surface area contributed by atoms with Crippen LogP contribution in [0.1, 0.15) is 30.4 Å². The summed E-state index contributed by atoms with van der Waals surface area (Å²) in [6.45, 7) is 4.57. The van der Waals surface area contributed by atoms with Crippen molar-refractivity contribution in [2.24, 2.45) is 0 Å². The van der Waals surface area contributed by atoms with Crippen LogP contribution in [0.25, 0.3) is 5.78 Å². The van der Waals surface area contributed by atoms with Gasteiger partial charge < -0.3 is 10.2 Å². The van der Waals surface area contributed by atoms with Crippen molar-refractivity contribution in [3.05, 3.63) is 22.7 Å². The van der Waals surface area contributed by atoms with Crippen LogP contribution in [0.5, 0.6) is 0 Å². The highest BCUT2D eigenvalue weighted by Gasteiger charge is 2.29. The Morgan fingerprint density at radius 3 is 3.09 bits per heavy atom. The lowest BCUT2D eigenvalue weighted by Crippen LogP contribution is -2.42.